The van der Waals surface area contributed by atoms with Crippen molar-refractivity contribution in [3.05, 3.63) is 90.8 Å². The molecule has 3 nitrogen and oxygen atoms in total. The van der Waals surface area contributed by atoms with Crippen molar-refractivity contribution in [2.24, 2.45) is 5.41 Å². The van der Waals surface area contributed by atoms with Crippen LogP contribution in [0.15, 0.2) is 53.3 Å². The third-order valence-electron chi connectivity index (χ3n) is 4.38. The first kappa shape index (κ1) is 20.9. The number of carbonyl (C=O) groups excluding carboxylic acids is 1. The molecule has 6 heteroatoms. The van der Waals surface area contributed by atoms with Gasteiger partial charge < -0.3 is 0 Å². The molecule has 0 unspecified atom stereocenters. The number of carbonyl (C=O) groups is 1. The predicted molar refractivity (Wildman–Crippen MR) is 112 cm³/mol. The lowest BCUT2D eigenvalue weighted by molar-refractivity contribution is -0.120. The molecule has 3 aromatic rings. The number of ketones is 1. The largest absolute Gasteiger partial charge is 0.294 e. The van der Waals surface area contributed by atoms with Crippen molar-refractivity contribution < 1.29 is 13.6 Å². The maximum atomic E-state index is 14.1. The molecule has 0 radical (unpaired) electrons. The number of benzene rings is 2. The average Bonchev–Trinajstić information content (AvgIpc) is 2.93. The summed E-state index contributed by atoms with van der Waals surface area (Å²) >= 11 is 1.16. The Kier molecular flexibility index (Phi) is 5.94. The van der Waals surface area contributed by atoms with E-state index >= 15 is 0 Å². The summed E-state index contributed by atoms with van der Waals surface area (Å²) in [6.45, 7) is 5.40. The first-order chi connectivity index (χ1) is 13.6. The van der Waals surface area contributed by atoms with Gasteiger partial charge in [-0.05, 0) is 29.8 Å². The van der Waals surface area contributed by atoms with Crippen LogP contribution in [0, 0.1) is 17.0 Å². The second-order valence-electron chi connectivity index (χ2n) is 7.74. The standard InChI is InChI=1S/C23H21F2NO2S/c1-23(2,3)20(27)13-21-26(14-16-6-4-5-7-18(16)25)22(28)19(29-21)12-15-8-10-17(24)11-9-15/h4-13H,14H2,1-3H3. The fraction of sp³-hybridized carbons (Fsp3) is 0.217. The van der Waals surface area contributed by atoms with E-state index in [0.717, 1.165) is 11.3 Å². The van der Waals surface area contributed by atoms with E-state index in [9.17, 15) is 18.4 Å². The molecule has 1 aromatic heterocycles. The van der Waals surface area contributed by atoms with Gasteiger partial charge in [-0.25, -0.2) is 8.78 Å². The normalized spacial score (nSPS) is 13.1. The molecule has 0 fully saturated rings. The molecule has 0 saturated heterocycles. The minimum absolute atomic E-state index is 0.0164. The highest BCUT2D eigenvalue weighted by Gasteiger charge is 2.19. The van der Waals surface area contributed by atoms with Crippen LogP contribution < -0.4 is 14.8 Å². The molecule has 0 aliphatic carbocycles. The Morgan fingerprint density at radius 3 is 2.34 bits per heavy atom. The topological polar surface area (TPSA) is 39.1 Å². The van der Waals surface area contributed by atoms with Gasteiger partial charge in [0, 0.05) is 17.1 Å². The number of hydrogen-bond acceptors (Lipinski definition) is 3. The molecule has 0 spiro atoms. The van der Waals surface area contributed by atoms with Crippen LogP contribution in [0.2, 0.25) is 0 Å². The van der Waals surface area contributed by atoms with Gasteiger partial charge in [-0.3, -0.25) is 14.2 Å². The highest BCUT2D eigenvalue weighted by molar-refractivity contribution is 7.07. The molecule has 29 heavy (non-hydrogen) atoms. The molecular formula is C23H21F2NO2S. The highest BCUT2D eigenvalue weighted by Crippen LogP contribution is 2.15. The molecule has 0 aliphatic heterocycles. The van der Waals surface area contributed by atoms with Crippen LogP contribution in [0.1, 0.15) is 31.9 Å². The van der Waals surface area contributed by atoms with Crippen molar-refractivity contribution in [1.82, 2.24) is 4.57 Å². The Hall–Kier alpha value is -2.86. The summed E-state index contributed by atoms with van der Waals surface area (Å²) in [5.74, 6) is -0.910. The molecule has 0 saturated carbocycles. The van der Waals surface area contributed by atoms with E-state index in [4.69, 9.17) is 0 Å². The van der Waals surface area contributed by atoms with Crippen LogP contribution in [0.3, 0.4) is 0 Å². The van der Waals surface area contributed by atoms with Gasteiger partial charge in [-0.1, -0.05) is 51.1 Å². The van der Waals surface area contributed by atoms with Crippen LogP contribution in [0.4, 0.5) is 8.78 Å². The Bertz CT molecular complexity index is 1220. The van der Waals surface area contributed by atoms with Gasteiger partial charge in [-0.15, -0.1) is 11.3 Å². The van der Waals surface area contributed by atoms with Crippen LogP contribution in [0.5, 0.6) is 0 Å². The van der Waals surface area contributed by atoms with Gasteiger partial charge in [-0.2, -0.15) is 0 Å². The zero-order chi connectivity index (χ0) is 21.2. The van der Waals surface area contributed by atoms with Crippen molar-refractivity contribution >= 4 is 29.3 Å². The van der Waals surface area contributed by atoms with Crippen molar-refractivity contribution in [3.8, 4) is 0 Å². The summed E-state index contributed by atoms with van der Waals surface area (Å²) in [7, 11) is 0. The van der Waals surface area contributed by atoms with Crippen LogP contribution >= 0.6 is 11.3 Å². The number of rotatable bonds is 4. The number of Topliss-reactive ketones (excluding diaryl/α,β-unsaturated/α-hetero) is 1. The first-order valence-electron chi connectivity index (χ1n) is 9.11. The van der Waals surface area contributed by atoms with Gasteiger partial charge >= 0.3 is 0 Å². The lowest BCUT2D eigenvalue weighted by Gasteiger charge is -2.13. The van der Waals surface area contributed by atoms with Gasteiger partial charge in [0.25, 0.3) is 5.56 Å². The summed E-state index contributed by atoms with van der Waals surface area (Å²) in [4.78, 5) is 25.6. The number of hydrogen-bond donors (Lipinski definition) is 0. The Labute approximate surface area is 171 Å². The quantitative estimate of drug-likeness (QED) is 0.657. The molecule has 150 valence electrons. The van der Waals surface area contributed by atoms with Crippen molar-refractivity contribution in [3.63, 3.8) is 0 Å². The third-order valence-corrected chi connectivity index (χ3v) is 5.44. The summed E-state index contributed by atoms with van der Waals surface area (Å²) in [6, 6.07) is 12.0. The molecular weight excluding hydrogens is 392 g/mol. The van der Waals surface area contributed by atoms with E-state index < -0.39 is 11.2 Å². The number of aromatic nitrogens is 1. The average molecular weight is 413 g/mol. The van der Waals surface area contributed by atoms with E-state index in [0.29, 0.717) is 20.3 Å². The molecule has 0 aliphatic rings. The molecule has 0 bridgehead atoms. The van der Waals surface area contributed by atoms with Gasteiger partial charge in [0.2, 0.25) is 0 Å². The molecule has 1 heterocycles. The smallest absolute Gasteiger partial charge is 0.269 e. The van der Waals surface area contributed by atoms with Crippen molar-refractivity contribution in [2.45, 2.75) is 27.3 Å². The fourth-order valence-corrected chi connectivity index (χ4v) is 3.67. The Morgan fingerprint density at radius 2 is 1.72 bits per heavy atom. The van der Waals surface area contributed by atoms with Crippen LogP contribution in [-0.4, -0.2) is 10.4 Å². The molecule has 0 amide bonds. The van der Waals surface area contributed by atoms with Crippen LogP contribution in [0.25, 0.3) is 12.2 Å². The monoisotopic (exact) mass is 413 g/mol. The number of halogens is 2. The molecule has 3 rings (SSSR count). The summed E-state index contributed by atoms with van der Waals surface area (Å²) < 4.78 is 29.5. The predicted octanol–water partition coefficient (Wildman–Crippen LogP) is 3.46. The maximum absolute atomic E-state index is 14.1. The van der Waals surface area contributed by atoms with Gasteiger partial charge in [0.1, 0.15) is 16.3 Å². The Balaban J connectivity index is 2.19. The van der Waals surface area contributed by atoms with Gasteiger partial charge in [0.15, 0.2) is 5.78 Å². The summed E-state index contributed by atoms with van der Waals surface area (Å²) in [5, 5.41) is 0. The maximum Gasteiger partial charge on any atom is 0.269 e. The van der Waals surface area contributed by atoms with Gasteiger partial charge in [0.05, 0.1) is 11.1 Å². The lowest BCUT2D eigenvalue weighted by Crippen LogP contribution is -2.33. The lowest BCUT2D eigenvalue weighted by atomic mass is 9.91. The fourth-order valence-electron chi connectivity index (χ4n) is 2.63. The van der Waals surface area contributed by atoms with E-state index in [2.05, 4.69) is 0 Å². The van der Waals surface area contributed by atoms with E-state index in [1.807, 2.05) is 0 Å². The molecule has 0 N–H and O–H groups in total. The number of thiazole rings is 1. The third kappa shape index (κ3) is 4.95. The number of nitrogens with zero attached hydrogens (tertiary/aromatic N) is 1. The Morgan fingerprint density at radius 1 is 1.07 bits per heavy atom. The zero-order valence-electron chi connectivity index (χ0n) is 16.4. The first-order valence-corrected chi connectivity index (χ1v) is 9.93. The van der Waals surface area contributed by atoms with E-state index in [1.165, 1.54) is 28.8 Å². The molecule has 2 aromatic carbocycles. The SMILES string of the molecule is CC(C)(C)C(=O)C=c1sc(=Cc2ccc(F)cc2)c(=O)n1Cc1ccccc1F. The van der Waals surface area contributed by atoms with Crippen molar-refractivity contribution in [1.29, 1.82) is 0 Å². The van der Waals surface area contributed by atoms with Crippen molar-refractivity contribution in [2.75, 3.05) is 0 Å². The van der Waals surface area contributed by atoms with Crippen LogP contribution in [-0.2, 0) is 11.3 Å². The minimum Gasteiger partial charge on any atom is -0.294 e. The second-order valence-corrected chi connectivity index (χ2v) is 8.80. The summed E-state index contributed by atoms with van der Waals surface area (Å²) in [5.41, 5.74) is 0.0922. The second kappa shape index (κ2) is 8.25. The summed E-state index contributed by atoms with van der Waals surface area (Å²) in [6.07, 6.45) is 3.08. The minimum atomic E-state index is -0.607. The highest BCUT2D eigenvalue weighted by atomic mass is 32.1. The van der Waals surface area contributed by atoms with E-state index in [-0.39, 0.29) is 23.7 Å². The van der Waals surface area contributed by atoms with E-state index in [1.54, 1.807) is 57.2 Å². The molecule has 0 atom stereocenters. The zero-order valence-corrected chi connectivity index (χ0v) is 17.2.